The molecule has 3 heteroatoms. The zero-order valence-electron chi connectivity index (χ0n) is 7.29. The molecule has 0 saturated heterocycles. The van der Waals surface area contributed by atoms with Crippen molar-refractivity contribution in [2.24, 2.45) is 0 Å². The average Bonchev–Trinajstić information content (AvgIpc) is 2.16. The smallest absolute Gasteiger partial charge is 0.156 e. The van der Waals surface area contributed by atoms with Crippen molar-refractivity contribution in [1.29, 1.82) is 0 Å². The Morgan fingerprint density at radius 2 is 2.08 bits per heavy atom. The van der Waals surface area contributed by atoms with Crippen LogP contribution in [0.2, 0.25) is 0 Å². The summed E-state index contributed by atoms with van der Waals surface area (Å²) >= 11 is 0. The van der Waals surface area contributed by atoms with Crippen LogP contribution in [-0.2, 0) is 14.3 Å². The highest BCUT2D eigenvalue weighted by Gasteiger charge is 2.13. The quantitative estimate of drug-likeness (QED) is 0.598. The lowest BCUT2D eigenvalue weighted by Crippen LogP contribution is -2.03. The molecule has 0 aliphatic heterocycles. The Kier molecular flexibility index (Phi) is 2.91. The lowest BCUT2D eigenvalue weighted by molar-refractivity contribution is -0.105. The molecule has 1 aliphatic carbocycles. The molecule has 0 fully saturated rings. The highest BCUT2D eigenvalue weighted by molar-refractivity contribution is 5.74. The SMILES string of the molecule is COC1=C(OC)CCC(C=O)=C1. The van der Waals surface area contributed by atoms with E-state index in [1.54, 1.807) is 20.3 Å². The summed E-state index contributed by atoms with van der Waals surface area (Å²) in [6.45, 7) is 0. The minimum absolute atomic E-state index is 0.658. The summed E-state index contributed by atoms with van der Waals surface area (Å²) < 4.78 is 10.1. The molecule has 0 aromatic rings. The summed E-state index contributed by atoms with van der Waals surface area (Å²) in [7, 11) is 3.17. The molecule has 0 spiro atoms. The summed E-state index contributed by atoms with van der Waals surface area (Å²) in [6.07, 6.45) is 4.05. The van der Waals surface area contributed by atoms with Crippen molar-refractivity contribution in [3.8, 4) is 0 Å². The standard InChI is InChI=1S/C9H12O3/c1-11-8-4-3-7(6-10)5-9(8)12-2/h5-6H,3-4H2,1-2H3. The number of methoxy groups -OCH3 is 2. The number of hydrogen-bond acceptors (Lipinski definition) is 3. The lowest BCUT2D eigenvalue weighted by Gasteiger charge is -2.15. The van der Waals surface area contributed by atoms with E-state index in [1.165, 1.54) is 0 Å². The number of aldehydes is 1. The molecule has 12 heavy (non-hydrogen) atoms. The van der Waals surface area contributed by atoms with Gasteiger partial charge in [-0.05, 0) is 18.1 Å². The second kappa shape index (κ2) is 3.95. The van der Waals surface area contributed by atoms with Gasteiger partial charge in [0.25, 0.3) is 0 Å². The number of allylic oxidation sites excluding steroid dienone is 3. The number of hydrogen-bond donors (Lipinski definition) is 0. The molecule has 0 aromatic carbocycles. The molecule has 1 aliphatic rings. The molecule has 0 unspecified atom stereocenters. The molecular formula is C9H12O3. The third-order valence-electron chi connectivity index (χ3n) is 1.85. The van der Waals surface area contributed by atoms with E-state index in [0.29, 0.717) is 5.76 Å². The van der Waals surface area contributed by atoms with E-state index in [-0.39, 0.29) is 0 Å². The van der Waals surface area contributed by atoms with E-state index < -0.39 is 0 Å². The summed E-state index contributed by atoms with van der Waals surface area (Å²) in [4.78, 5) is 10.4. The van der Waals surface area contributed by atoms with Crippen LogP contribution in [0.5, 0.6) is 0 Å². The van der Waals surface area contributed by atoms with Gasteiger partial charge >= 0.3 is 0 Å². The van der Waals surface area contributed by atoms with E-state index in [2.05, 4.69) is 0 Å². The first-order chi connectivity index (χ1) is 5.81. The van der Waals surface area contributed by atoms with Crippen LogP contribution in [0, 0.1) is 0 Å². The summed E-state index contributed by atoms with van der Waals surface area (Å²) in [5.74, 6) is 1.47. The second-order valence-corrected chi connectivity index (χ2v) is 2.53. The maximum absolute atomic E-state index is 10.4. The molecule has 0 heterocycles. The van der Waals surface area contributed by atoms with Gasteiger partial charge in [0.05, 0.1) is 14.2 Å². The Morgan fingerprint density at radius 1 is 1.33 bits per heavy atom. The zero-order valence-corrected chi connectivity index (χ0v) is 7.29. The molecule has 3 nitrogen and oxygen atoms in total. The van der Waals surface area contributed by atoms with E-state index in [4.69, 9.17) is 9.47 Å². The first-order valence-corrected chi connectivity index (χ1v) is 3.78. The van der Waals surface area contributed by atoms with Gasteiger partial charge in [0.1, 0.15) is 12.0 Å². The molecule has 0 N–H and O–H groups in total. The van der Waals surface area contributed by atoms with Gasteiger partial charge < -0.3 is 9.47 Å². The molecule has 66 valence electrons. The minimum Gasteiger partial charge on any atom is -0.497 e. The molecule has 0 aromatic heterocycles. The number of carbonyl (C=O) groups excluding carboxylic acids is 1. The van der Waals surface area contributed by atoms with Gasteiger partial charge in [-0.25, -0.2) is 0 Å². The Labute approximate surface area is 71.7 Å². The van der Waals surface area contributed by atoms with Crippen LogP contribution in [-0.4, -0.2) is 20.5 Å². The van der Waals surface area contributed by atoms with Crippen LogP contribution in [0.3, 0.4) is 0 Å². The molecular weight excluding hydrogens is 156 g/mol. The highest BCUT2D eigenvalue weighted by Crippen LogP contribution is 2.23. The van der Waals surface area contributed by atoms with Gasteiger partial charge in [-0.15, -0.1) is 0 Å². The second-order valence-electron chi connectivity index (χ2n) is 2.53. The van der Waals surface area contributed by atoms with Crippen molar-refractivity contribution in [3.63, 3.8) is 0 Å². The summed E-state index contributed by atoms with van der Waals surface area (Å²) in [5.41, 5.74) is 0.757. The van der Waals surface area contributed by atoms with Gasteiger partial charge in [0.2, 0.25) is 0 Å². The topological polar surface area (TPSA) is 35.5 Å². The largest absolute Gasteiger partial charge is 0.497 e. The Hall–Kier alpha value is -1.25. The molecule has 0 radical (unpaired) electrons. The summed E-state index contributed by atoms with van der Waals surface area (Å²) in [5, 5.41) is 0. The normalized spacial score (nSPS) is 17.0. The molecule has 0 amide bonds. The molecule has 0 bridgehead atoms. The van der Waals surface area contributed by atoms with Crippen molar-refractivity contribution in [2.45, 2.75) is 12.8 Å². The van der Waals surface area contributed by atoms with Gasteiger partial charge in [-0.3, -0.25) is 4.79 Å². The van der Waals surface area contributed by atoms with Crippen molar-refractivity contribution in [2.75, 3.05) is 14.2 Å². The third kappa shape index (κ3) is 1.67. The fourth-order valence-electron chi connectivity index (χ4n) is 1.17. The summed E-state index contributed by atoms with van der Waals surface area (Å²) in [6, 6.07) is 0. The van der Waals surface area contributed by atoms with Gasteiger partial charge in [0, 0.05) is 6.42 Å². The van der Waals surface area contributed by atoms with Crippen molar-refractivity contribution < 1.29 is 14.3 Å². The fourth-order valence-corrected chi connectivity index (χ4v) is 1.17. The highest BCUT2D eigenvalue weighted by atomic mass is 16.5. The van der Waals surface area contributed by atoms with Gasteiger partial charge in [0.15, 0.2) is 5.76 Å². The predicted octanol–water partition coefficient (Wildman–Crippen LogP) is 1.41. The van der Waals surface area contributed by atoms with Crippen LogP contribution < -0.4 is 0 Å². The van der Waals surface area contributed by atoms with E-state index in [9.17, 15) is 4.79 Å². The van der Waals surface area contributed by atoms with Crippen LogP contribution in [0.15, 0.2) is 23.2 Å². The van der Waals surface area contributed by atoms with Crippen LogP contribution in [0.1, 0.15) is 12.8 Å². The first kappa shape index (κ1) is 8.84. The van der Waals surface area contributed by atoms with Crippen LogP contribution >= 0.6 is 0 Å². The lowest BCUT2D eigenvalue weighted by atomic mass is 10.0. The zero-order chi connectivity index (χ0) is 8.97. The minimum atomic E-state index is 0.658. The number of carbonyl (C=O) groups is 1. The van der Waals surface area contributed by atoms with Crippen molar-refractivity contribution in [1.82, 2.24) is 0 Å². The number of rotatable bonds is 3. The van der Waals surface area contributed by atoms with E-state index in [0.717, 1.165) is 30.5 Å². The van der Waals surface area contributed by atoms with Crippen molar-refractivity contribution in [3.05, 3.63) is 23.2 Å². The Bertz CT molecular complexity index is 238. The predicted molar refractivity (Wildman–Crippen MR) is 44.4 cm³/mol. The van der Waals surface area contributed by atoms with Crippen LogP contribution in [0.4, 0.5) is 0 Å². The van der Waals surface area contributed by atoms with Gasteiger partial charge in [-0.1, -0.05) is 0 Å². The Balaban J connectivity index is 2.88. The fraction of sp³-hybridized carbons (Fsp3) is 0.444. The maximum Gasteiger partial charge on any atom is 0.156 e. The first-order valence-electron chi connectivity index (χ1n) is 3.78. The monoisotopic (exact) mass is 168 g/mol. The van der Waals surface area contributed by atoms with Gasteiger partial charge in [-0.2, -0.15) is 0 Å². The maximum atomic E-state index is 10.4. The van der Waals surface area contributed by atoms with E-state index >= 15 is 0 Å². The Morgan fingerprint density at radius 3 is 2.58 bits per heavy atom. The van der Waals surface area contributed by atoms with Crippen LogP contribution in [0.25, 0.3) is 0 Å². The van der Waals surface area contributed by atoms with E-state index in [1.807, 2.05) is 0 Å². The average molecular weight is 168 g/mol. The number of ether oxygens (including phenoxy) is 2. The third-order valence-corrected chi connectivity index (χ3v) is 1.85. The molecule has 1 rings (SSSR count). The van der Waals surface area contributed by atoms with Crippen molar-refractivity contribution >= 4 is 6.29 Å². The molecule has 0 saturated carbocycles. The molecule has 0 atom stereocenters.